The molecule has 0 fully saturated rings. The predicted molar refractivity (Wildman–Crippen MR) is 90.1 cm³/mol. The van der Waals surface area contributed by atoms with Gasteiger partial charge in [-0.25, -0.2) is 4.79 Å². The van der Waals surface area contributed by atoms with Crippen molar-refractivity contribution in [3.05, 3.63) is 29.8 Å². The lowest BCUT2D eigenvalue weighted by atomic mass is 10.1. The molecule has 0 aliphatic rings. The summed E-state index contributed by atoms with van der Waals surface area (Å²) in [7, 11) is 0. The molecule has 3 amide bonds. The molecule has 0 saturated heterocycles. The molecule has 22 heavy (non-hydrogen) atoms. The Kier molecular flexibility index (Phi) is 7.43. The fourth-order valence-corrected chi connectivity index (χ4v) is 1.95. The molecule has 122 valence electrons. The van der Waals surface area contributed by atoms with Crippen molar-refractivity contribution in [1.82, 2.24) is 10.6 Å². The summed E-state index contributed by atoms with van der Waals surface area (Å²) in [6.07, 6.45) is 1.80. The van der Waals surface area contributed by atoms with Crippen LogP contribution in [0.3, 0.4) is 0 Å². The van der Waals surface area contributed by atoms with Crippen LogP contribution in [0.2, 0.25) is 0 Å². The minimum Gasteiger partial charge on any atom is -0.352 e. The van der Waals surface area contributed by atoms with E-state index in [-0.39, 0.29) is 18.0 Å². The molecule has 1 aromatic rings. The first kappa shape index (κ1) is 18.0. The zero-order valence-electron chi connectivity index (χ0n) is 13.9. The fraction of sp³-hybridized carbons (Fsp3) is 0.529. The highest BCUT2D eigenvalue weighted by atomic mass is 16.2. The van der Waals surface area contributed by atoms with Crippen LogP contribution in [0.4, 0.5) is 10.5 Å². The molecule has 1 rings (SSSR count). The van der Waals surface area contributed by atoms with Crippen LogP contribution in [-0.4, -0.2) is 24.5 Å². The lowest BCUT2D eigenvalue weighted by Gasteiger charge is -2.15. The molecule has 3 N–H and O–H groups in total. The maximum absolute atomic E-state index is 11.9. The summed E-state index contributed by atoms with van der Waals surface area (Å²) in [4.78, 5) is 23.7. The fourth-order valence-electron chi connectivity index (χ4n) is 1.95. The molecule has 5 heteroatoms. The maximum atomic E-state index is 11.9. The molecule has 1 aromatic carbocycles. The van der Waals surface area contributed by atoms with Crippen LogP contribution in [0.15, 0.2) is 24.3 Å². The second kappa shape index (κ2) is 9.07. The van der Waals surface area contributed by atoms with E-state index >= 15 is 0 Å². The van der Waals surface area contributed by atoms with Crippen molar-refractivity contribution in [1.29, 1.82) is 0 Å². The maximum Gasteiger partial charge on any atom is 0.319 e. The van der Waals surface area contributed by atoms with Gasteiger partial charge in [0.05, 0.1) is 0 Å². The van der Waals surface area contributed by atoms with Crippen molar-refractivity contribution in [2.24, 2.45) is 5.92 Å². The topological polar surface area (TPSA) is 70.2 Å². The van der Waals surface area contributed by atoms with Gasteiger partial charge in [0.15, 0.2) is 0 Å². The van der Waals surface area contributed by atoms with Gasteiger partial charge < -0.3 is 16.0 Å². The van der Waals surface area contributed by atoms with Gasteiger partial charge in [-0.05, 0) is 43.0 Å². The molecule has 5 nitrogen and oxygen atoms in total. The van der Waals surface area contributed by atoms with E-state index in [2.05, 4.69) is 16.0 Å². The van der Waals surface area contributed by atoms with Gasteiger partial charge in [0.25, 0.3) is 5.91 Å². The van der Waals surface area contributed by atoms with Gasteiger partial charge in [0, 0.05) is 23.8 Å². The quantitative estimate of drug-likeness (QED) is 0.722. The second-order valence-electron chi connectivity index (χ2n) is 5.79. The Morgan fingerprint density at radius 3 is 2.14 bits per heavy atom. The SMILES string of the molecule is CCC(CC)NC(=O)Nc1ccc(C(=O)NCC(C)C)cc1. The van der Waals surface area contributed by atoms with Crippen molar-refractivity contribution >= 4 is 17.6 Å². The third kappa shape index (κ3) is 6.16. The Hall–Kier alpha value is -2.04. The molecule has 0 unspecified atom stereocenters. The molecule has 0 atom stereocenters. The highest BCUT2D eigenvalue weighted by Crippen LogP contribution is 2.10. The molecule has 0 radical (unpaired) electrons. The summed E-state index contributed by atoms with van der Waals surface area (Å²) < 4.78 is 0. The Morgan fingerprint density at radius 1 is 1.05 bits per heavy atom. The molecular weight excluding hydrogens is 278 g/mol. The summed E-state index contributed by atoms with van der Waals surface area (Å²) in [6, 6.07) is 6.85. The first-order valence-corrected chi connectivity index (χ1v) is 7.92. The Balaban J connectivity index is 2.54. The number of urea groups is 1. The van der Waals surface area contributed by atoms with Crippen LogP contribution >= 0.6 is 0 Å². The largest absolute Gasteiger partial charge is 0.352 e. The van der Waals surface area contributed by atoms with E-state index < -0.39 is 0 Å². The molecule has 0 saturated carbocycles. The average Bonchev–Trinajstić information content (AvgIpc) is 2.50. The number of nitrogens with one attached hydrogen (secondary N) is 3. The number of carbonyl (C=O) groups is 2. The van der Waals surface area contributed by atoms with Crippen LogP contribution in [-0.2, 0) is 0 Å². The van der Waals surface area contributed by atoms with Gasteiger partial charge in [-0.1, -0.05) is 27.7 Å². The minimum atomic E-state index is -0.217. The van der Waals surface area contributed by atoms with Crippen LogP contribution in [0.1, 0.15) is 50.9 Å². The van der Waals surface area contributed by atoms with Crippen LogP contribution < -0.4 is 16.0 Å². The van der Waals surface area contributed by atoms with Crippen molar-refractivity contribution in [3.63, 3.8) is 0 Å². The lowest BCUT2D eigenvalue weighted by molar-refractivity contribution is 0.0949. The summed E-state index contributed by atoms with van der Waals surface area (Å²) in [5.41, 5.74) is 1.26. The Labute approximate surface area is 132 Å². The van der Waals surface area contributed by atoms with Gasteiger partial charge in [-0.3, -0.25) is 4.79 Å². The smallest absolute Gasteiger partial charge is 0.319 e. The van der Waals surface area contributed by atoms with Gasteiger partial charge in [0.2, 0.25) is 0 Å². The van der Waals surface area contributed by atoms with Gasteiger partial charge in [-0.2, -0.15) is 0 Å². The third-order valence-corrected chi connectivity index (χ3v) is 3.40. The number of amides is 3. The number of hydrogen-bond acceptors (Lipinski definition) is 2. The number of benzene rings is 1. The average molecular weight is 305 g/mol. The number of rotatable bonds is 7. The van der Waals surface area contributed by atoms with E-state index in [1.165, 1.54) is 0 Å². The highest BCUT2D eigenvalue weighted by Gasteiger charge is 2.09. The molecule has 0 aliphatic heterocycles. The number of carbonyl (C=O) groups excluding carboxylic acids is 2. The standard InChI is InChI=1S/C17H27N3O2/c1-5-14(6-2)19-17(22)20-15-9-7-13(8-10-15)16(21)18-11-12(3)4/h7-10,12,14H,5-6,11H2,1-4H3,(H,18,21)(H2,19,20,22). The van der Waals surface area contributed by atoms with Gasteiger partial charge >= 0.3 is 6.03 Å². The normalized spacial score (nSPS) is 10.6. The van der Waals surface area contributed by atoms with Gasteiger partial charge in [0.1, 0.15) is 0 Å². The minimum absolute atomic E-state index is 0.0956. The lowest BCUT2D eigenvalue weighted by Crippen LogP contribution is -2.37. The molecular formula is C17H27N3O2. The first-order valence-electron chi connectivity index (χ1n) is 7.92. The molecule has 0 bridgehead atoms. The van der Waals surface area contributed by atoms with Crippen LogP contribution in [0.5, 0.6) is 0 Å². The van der Waals surface area contributed by atoms with Crippen molar-refractivity contribution in [3.8, 4) is 0 Å². The molecule has 0 spiro atoms. The van der Waals surface area contributed by atoms with Crippen molar-refractivity contribution in [2.75, 3.05) is 11.9 Å². The van der Waals surface area contributed by atoms with Crippen molar-refractivity contribution in [2.45, 2.75) is 46.6 Å². The van der Waals surface area contributed by atoms with Crippen LogP contribution in [0.25, 0.3) is 0 Å². The molecule has 0 aromatic heterocycles. The number of hydrogen-bond donors (Lipinski definition) is 3. The monoisotopic (exact) mass is 305 g/mol. The Bertz CT molecular complexity index is 479. The van der Waals surface area contributed by atoms with E-state index in [4.69, 9.17) is 0 Å². The predicted octanol–water partition coefficient (Wildman–Crippen LogP) is 3.38. The van der Waals surface area contributed by atoms with Gasteiger partial charge in [-0.15, -0.1) is 0 Å². The Morgan fingerprint density at radius 2 is 1.64 bits per heavy atom. The van der Waals surface area contributed by atoms with E-state index in [0.717, 1.165) is 12.8 Å². The summed E-state index contributed by atoms with van der Waals surface area (Å²) in [6.45, 7) is 8.83. The summed E-state index contributed by atoms with van der Waals surface area (Å²) >= 11 is 0. The zero-order valence-corrected chi connectivity index (χ0v) is 13.9. The molecule has 0 heterocycles. The van der Waals surface area contributed by atoms with E-state index in [1.807, 2.05) is 27.7 Å². The van der Waals surface area contributed by atoms with Crippen LogP contribution in [0, 0.1) is 5.92 Å². The highest BCUT2D eigenvalue weighted by molar-refractivity contribution is 5.95. The molecule has 0 aliphatic carbocycles. The van der Waals surface area contributed by atoms with E-state index in [0.29, 0.717) is 23.7 Å². The second-order valence-corrected chi connectivity index (χ2v) is 5.79. The first-order chi connectivity index (χ1) is 10.5. The van der Waals surface area contributed by atoms with E-state index in [9.17, 15) is 9.59 Å². The van der Waals surface area contributed by atoms with E-state index in [1.54, 1.807) is 24.3 Å². The van der Waals surface area contributed by atoms with Crippen molar-refractivity contribution < 1.29 is 9.59 Å². The summed E-state index contributed by atoms with van der Waals surface area (Å²) in [5.74, 6) is 0.320. The third-order valence-electron chi connectivity index (χ3n) is 3.40. The number of anilines is 1. The summed E-state index contributed by atoms with van der Waals surface area (Å²) in [5, 5.41) is 8.54. The zero-order chi connectivity index (χ0) is 16.5.